The molecule has 2 aromatic rings. The lowest BCUT2D eigenvalue weighted by atomic mass is 10.3. The van der Waals surface area contributed by atoms with Crippen molar-refractivity contribution in [1.29, 1.82) is 0 Å². The van der Waals surface area contributed by atoms with E-state index in [-0.39, 0.29) is 17.3 Å². The Morgan fingerprint density at radius 1 is 1.22 bits per heavy atom. The molecule has 1 fully saturated rings. The van der Waals surface area contributed by atoms with Crippen LogP contribution in [-0.4, -0.2) is 28.5 Å². The van der Waals surface area contributed by atoms with Crippen LogP contribution in [0.3, 0.4) is 0 Å². The molecule has 1 aromatic heterocycles. The van der Waals surface area contributed by atoms with Crippen LogP contribution in [0, 0.1) is 0 Å². The third kappa shape index (κ3) is 1.95. The lowest BCUT2D eigenvalue weighted by molar-refractivity contribution is -0.130. The number of benzene rings is 1. The van der Waals surface area contributed by atoms with E-state index in [1.54, 1.807) is 4.57 Å². The highest BCUT2D eigenvalue weighted by molar-refractivity contribution is 7.16. The van der Waals surface area contributed by atoms with Gasteiger partial charge in [-0.15, -0.1) is 0 Å². The topological polar surface area (TPSA) is 42.3 Å². The molecule has 0 atom stereocenters. The fraction of sp³-hybridized carbons (Fsp3) is 0.385. The molecular formula is C13H14N2O2S. The van der Waals surface area contributed by atoms with Crippen molar-refractivity contribution in [1.82, 2.24) is 9.47 Å². The highest BCUT2D eigenvalue weighted by atomic mass is 32.1. The second-order valence-electron chi connectivity index (χ2n) is 4.51. The molecule has 18 heavy (non-hydrogen) atoms. The number of para-hydroxylation sites is 1. The molecule has 0 N–H and O–H groups in total. The minimum Gasteiger partial charge on any atom is -0.341 e. The van der Waals surface area contributed by atoms with Gasteiger partial charge < -0.3 is 4.90 Å². The Hall–Kier alpha value is -1.62. The van der Waals surface area contributed by atoms with Gasteiger partial charge in [-0.3, -0.25) is 14.2 Å². The smallest absolute Gasteiger partial charge is 0.308 e. The maximum Gasteiger partial charge on any atom is 0.308 e. The lowest BCUT2D eigenvalue weighted by Crippen LogP contribution is -2.33. The van der Waals surface area contributed by atoms with Crippen LogP contribution in [0.1, 0.15) is 12.8 Å². The van der Waals surface area contributed by atoms with E-state index < -0.39 is 0 Å². The molecule has 1 aromatic carbocycles. The van der Waals surface area contributed by atoms with Crippen LogP contribution in [-0.2, 0) is 11.3 Å². The largest absolute Gasteiger partial charge is 0.341 e. The summed E-state index contributed by atoms with van der Waals surface area (Å²) >= 11 is 1.20. The van der Waals surface area contributed by atoms with E-state index in [9.17, 15) is 9.59 Å². The standard InChI is InChI=1S/C13H14N2O2S/c16-12(14-7-3-4-8-14)9-15-10-5-1-2-6-11(10)18-13(15)17/h1-2,5-6H,3-4,7-9H2. The summed E-state index contributed by atoms with van der Waals surface area (Å²) in [5.41, 5.74) is 0.861. The fourth-order valence-corrected chi connectivity index (χ4v) is 3.26. The van der Waals surface area contributed by atoms with Gasteiger partial charge in [0, 0.05) is 13.1 Å². The van der Waals surface area contributed by atoms with Crippen LogP contribution in [0.15, 0.2) is 29.1 Å². The molecule has 94 valence electrons. The van der Waals surface area contributed by atoms with Crippen molar-refractivity contribution >= 4 is 27.5 Å². The minimum absolute atomic E-state index is 0.0521. The summed E-state index contributed by atoms with van der Waals surface area (Å²) in [5, 5.41) is 0. The van der Waals surface area contributed by atoms with Crippen LogP contribution in [0.4, 0.5) is 0 Å². The van der Waals surface area contributed by atoms with E-state index in [2.05, 4.69) is 0 Å². The van der Waals surface area contributed by atoms with Crippen LogP contribution in [0.25, 0.3) is 10.2 Å². The molecule has 3 rings (SSSR count). The Kier molecular flexibility index (Phi) is 2.91. The van der Waals surface area contributed by atoms with Gasteiger partial charge in [0.1, 0.15) is 6.54 Å². The summed E-state index contributed by atoms with van der Waals surface area (Å²) in [7, 11) is 0. The first-order chi connectivity index (χ1) is 8.75. The van der Waals surface area contributed by atoms with E-state index in [0.717, 1.165) is 36.1 Å². The predicted octanol–water partition coefficient (Wildman–Crippen LogP) is 1.69. The van der Waals surface area contributed by atoms with E-state index in [1.807, 2.05) is 29.2 Å². The molecule has 2 heterocycles. The molecule has 0 radical (unpaired) electrons. The van der Waals surface area contributed by atoms with Crippen molar-refractivity contribution < 1.29 is 4.79 Å². The Morgan fingerprint density at radius 2 is 1.94 bits per heavy atom. The lowest BCUT2D eigenvalue weighted by Gasteiger charge is -2.15. The summed E-state index contributed by atoms with van der Waals surface area (Å²) in [5.74, 6) is 0.0538. The van der Waals surface area contributed by atoms with Crippen molar-refractivity contribution in [3.05, 3.63) is 33.9 Å². The van der Waals surface area contributed by atoms with Crippen molar-refractivity contribution in [2.24, 2.45) is 0 Å². The van der Waals surface area contributed by atoms with Gasteiger partial charge in [0.05, 0.1) is 10.2 Å². The van der Waals surface area contributed by atoms with Crippen LogP contribution in [0.5, 0.6) is 0 Å². The summed E-state index contributed by atoms with van der Waals surface area (Å²) in [6.07, 6.45) is 2.15. The normalized spacial score (nSPS) is 15.4. The molecule has 1 saturated heterocycles. The Morgan fingerprint density at radius 3 is 2.72 bits per heavy atom. The van der Waals surface area contributed by atoms with Crippen LogP contribution in [0.2, 0.25) is 0 Å². The molecule has 5 heteroatoms. The van der Waals surface area contributed by atoms with Gasteiger partial charge >= 0.3 is 4.87 Å². The molecule has 1 amide bonds. The van der Waals surface area contributed by atoms with Gasteiger partial charge in [-0.1, -0.05) is 23.5 Å². The average Bonchev–Trinajstić information content (AvgIpc) is 2.98. The molecule has 0 bridgehead atoms. The Balaban J connectivity index is 1.92. The number of rotatable bonds is 2. The first-order valence-corrected chi connectivity index (χ1v) is 6.93. The molecule has 0 saturated carbocycles. The highest BCUT2D eigenvalue weighted by Crippen LogP contribution is 2.17. The number of hydrogen-bond donors (Lipinski definition) is 0. The number of likely N-dealkylation sites (tertiary alicyclic amines) is 1. The zero-order valence-corrected chi connectivity index (χ0v) is 10.8. The maximum atomic E-state index is 12.1. The van der Waals surface area contributed by atoms with Crippen molar-refractivity contribution in [2.45, 2.75) is 19.4 Å². The molecule has 4 nitrogen and oxygen atoms in total. The summed E-state index contributed by atoms with van der Waals surface area (Å²) in [4.78, 5) is 25.8. The van der Waals surface area contributed by atoms with Gasteiger partial charge in [0.2, 0.25) is 5.91 Å². The van der Waals surface area contributed by atoms with Gasteiger partial charge in [0.25, 0.3) is 0 Å². The fourth-order valence-electron chi connectivity index (χ4n) is 2.37. The zero-order chi connectivity index (χ0) is 12.5. The van der Waals surface area contributed by atoms with Crippen molar-refractivity contribution in [2.75, 3.05) is 13.1 Å². The van der Waals surface area contributed by atoms with E-state index in [0.29, 0.717) is 0 Å². The molecule has 0 spiro atoms. The number of carbonyl (C=O) groups excluding carboxylic acids is 1. The predicted molar refractivity (Wildman–Crippen MR) is 71.9 cm³/mol. The van der Waals surface area contributed by atoms with Crippen molar-refractivity contribution in [3.8, 4) is 0 Å². The van der Waals surface area contributed by atoms with Gasteiger partial charge in [0.15, 0.2) is 0 Å². The quantitative estimate of drug-likeness (QED) is 0.826. The SMILES string of the molecule is O=C(Cn1c(=O)sc2ccccc21)N1CCCC1. The summed E-state index contributed by atoms with van der Waals surface area (Å²) in [6.45, 7) is 1.83. The molecule has 0 unspecified atom stereocenters. The summed E-state index contributed by atoms with van der Waals surface area (Å²) < 4.78 is 2.53. The molecule has 1 aliphatic heterocycles. The summed E-state index contributed by atoms with van der Waals surface area (Å²) in [6, 6.07) is 7.61. The molecule has 1 aliphatic rings. The first-order valence-electron chi connectivity index (χ1n) is 6.12. The second-order valence-corrected chi connectivity index (χ2v) is 5.50. The van der Waals surface area contributed by atoms with Crippen LogP contribution < -0.4 is 4.87 Å². The van der Waals surface area contributed by atoms with E-state index in [4.69, 9.17) is 0 Å². The van der Waals surface area contributed by atoms with Gasteiger partial charge in [-0.25, -0.2) is 0 Å². The Bertz CT molecular complexity index is 638. The van der Waals surface area contributed by atoms with Gasteiger partial charge in [-0.2, -0.15) is 0 Å². The molecular weight excluding hydrogens is 248 g/mol. The monoisotopic (exact) mass is 262 g/mol. The first kappa shape index (κ1) is 11.5. The third-order valence-electron chi connectivity index (χ3n) is 3.33. The average molecular weight is 262 g/mol. The highest BCUT2D eigenvalue weighted by Gasteiger charge is 2.19. The maximum absolute atomic E-state index is 12.1. The van der Waals surface area contributed by atoms with Gasteiger partial charge in [-0.05, 0) is 25.0 Å². The number of nitrogens with zero attached hydrogens (tertiary/aromatic N) is 2. The number of carbonyl (C=O) groups is 1. The Labute approximate surface area is 108 Å². The van der Waals surface area contributed by atoms with E-state index >= 15 is 0 Å². The number of aromatic nitrogens is 1. The van der Waals surface area contributed by atoms with Crippen molar-refractivity contribution in [3.63, 3.8) is 0 Å². The number of amides is 1. The molecule has 0 aliphatic carbocycles. The number of hydrogen-bond acceptors (Lipinski definition) is 3. The van der Waals surface area contributed by atoms with Crippen LogP contribution >= 0.6 is 11.3 Å². The number of fused-ring (bicyclic) bond motifs is 1. The minimum atomic E-state index is -0.0521. The number of thiazole rings is 1. The van der Waals surface area contributed by atoms with E-state index in [1.165, 1.54) is 11.3 Å². The second kappa shape index (κ2) is 4.57. The third-order valence-corrected chi connectivity index (χ3v) is 4.29. The zero-order valence-electron chi connectivity index (χ0n) is 9.96.